The Bertz CT molecular complexity index is 1200. The summed E-state index contributed by atoms with van der Waals surface area (Å²) in [5.74, 6) is -1.93. The Morgan fingerprint density at radius 3 is 2.32 bits per heavy atom. The Labute approximate surface area is 222 Å². The van der Waals surface area contributed by atoms with Crippen LogP contribution in [0, 0.1) is 11.8 Å². The number of carbonyl (C=O) groups excluding carboxylic acids is 3. The lowest BCUT2D eigenvalue weighted by Gasteiger charge is -2.37. The van der Waals surface area contributed by atoms with Crippen LogP contribution in [-0.2, 0) is 19.1 Å². The molecular formula is C29H35N3O6. The molecule has 3 N–H and O–H groups in total. The first-order valence-electron chi connectivity index (χ1n) is 13.3. The molecule has 202 valence electrons. The van der Waals surface area contributed by atoms with Crippen molar-refractivity contribution in [3.05, 3.63) is 54.6 Å². The van der Waals surface area contributed by atoms with E-state index in [9.17, 15) is 19.5 Å². The Balaban J connectivity index is 1.53. The molecule has 3 aliphatic heterocycles. The molecule has 9 heteroatoms. The number of nitrogens with zero attached hydrogens (tertiary/aromatic N) is 1. The number of para-hydroxylation sites is 1. The van der Waals surface area contributed by atoms with E-state index in [1.807, 2.05) is 32.0 Å². The molecule has 3 fully saturated rings. The molecule has 2 unspecified atom stereocenters. The molecule has 0 radical (unpaired) electrons. The quantitative estimate of drug-likeness (QED) is 0.467. The molecule has 3 aliphatic rings. The van der Waals surface area contributed by atoms with Crippen LogP contribution in [0.1, 0.15) is 39.5 Å². The van der Waals surface area contributed by atoms with Gasteiger partial charge in [0, 0.05) is 11.4 Å². The normalized spacial score (nSPS) is 30.2. The van der Waals surface area contributed by atoms with E-state index in [2.05, 4.69) is 10.6 Å². The van der Waals surface area contributed by atoms with E-state index in [4.69, 9.17) is 9.47 Å². The number of fused-ring (bicyclic) bond motifs is 1. The minimum atomic E-state index is -1.16. The summed E-state index contributed by atoms with van der Waals surface area (Å²) in [5, 5.41) is 16.1. The Hall–Kier alpha value is -3.43. The molecular weight excluding hydrogens is 486 g/mol. The second-order valence-electron chi connectivity index (χ2n) is 10.4. The molecule has 0 saturated carbocycles. The van der Waals surface area contributed by atoms with E-state index in [1.54, 1.807) is 43.5 Å². The molecule has 3 amide bonds. The third kappa shape index (κ3) is 3.96. The molecule has 2 aromatic rings. The predicted octanol–water partition coefficient (Wildman–Crippen LogP) is 3.20. The molecule has 2 bridgehead atoms. The van der Waals surface area contributed by atoms with Gasteiger partial charge in [-0.3, -0.25) is 14.4 Å². The van der Waals surface area contributed by atoms with Crippen LogP contribution < -0.4 is 15.4 Å². The van der Waals surface area contributed by atoms with Gasteiger partial charge in [-0.2, -0.15) is 0 Å². The minimum absolute atomic E-state index is 0.286. The number of aliphatic hydroxyl groups is 1. The van der Waals surface area contributed by atoms with Crippen LogP contribution in [-0.4, -0.2) is 64.7 Å². The van der Waals surface area contributed by atoms with Gasteiger partial charge < -0.3 is 30.1 Å². The highest BCUT2D eigenvalue weighted by Gasteiger charge is 2.79. The summed E-state index contributed by atoms with van der Waals surface area (Å²) < 4.78 is 12.0. The van der Waals surface area contributed by atoms with E-state index >= 15 is 0 Å². The summed E-state index contributed by atoms with van der Waals surface area (Å²) in [7, 11) is 1.57. The zero-order chi connectivity index (χ0) is 27.1. The maximum Gasteiger partial charge on any atom is 0.250 e. The van der Waals surface area contributed by atoms with Gasteiger partial charge in [-0.05, 0) is 62.1 Å². The van der Waals surface area contributed by atoms with Gasteiger partial charge >= 0.3 is 0 Å². The van der Waals surface area contributed by atoms with Gasteiger partial charge in [-0.1, -0.05) is 32.0 Å². The third-order valence-electron chi connectivity index (χ3n) is 8.62. The van der Waals surface area contributed by atoms with Crippen LogP contribution in [0.4, 0.5) is 11.4 Å². The smallest absolute Gasteiger partial charge is 0.250 e. The van der Waals surface area contributed by atoms with Crippen molar-refractivity contribution in [3.63, 3.8) is 0 Å². The second-order valence-corrected chi connectivity index (χ2v) is 10.4. The van der Waals surface area contributed by atoms with Gasteiger partial charge in [0.05, 0.1) is 37.2 Å². The minimum Gasteiger partial charge on any atom is -0.497 e. The van der Waals surface area contributed by atoms with Gasteiger partial charge in [0.15, 0.2) is 0 Å². The summed E-state index contributed by atoms with van der Waals surface area (Å²) in [6.07, 6.45) is 2.04. The van der Waals surface area contributed by atoms with Crippen molar-refractivity contribution in [2.75, 3.05) is 24.4 Å². The standard InChI is InChI=1S/C29H35N3O6/c1-4-20(17-33)32-24(26(35)31-19-11-13-21(37-3)14-12-19)29-16-15-28(5-2,38-29)22(23(29)27(32)36)25(34)30-18-9-7-6-8-10-18/h6-14,20,22-24,33H,4-5,15-17H2,1-3H3,(H,30,34)(H,31,35)/t20-,22-,23-,24?,28+,29?/m0/s1. The van der Waals surface area contributed by atoms with Crippen LogP contribution in [0.2, 0.25) is 0 Å². The van der Waals surface area contributed by atoms with Gasteiger partial charge in [0.25, 0.3) is 0 Å². The topological polar surface area (TPSA) is 117 Å². The maximum atomic E-state index is 14.2. The van der Waals surface area contributed by atoms with Crippen LogP contribution >= 0.6 is 0 Å². The first-order valence-corrected chi connectivity index (χ1v) is 13.3. The molecule has 6 atom stereocenters. The van der Waals surface area contributed by atoms with Crippen LogP contribution in [0.25, 0.3) is 0 Å². The molecule has 3 heterocycles. The fourth-order valence-corrected chi connectivity index (χ4v) is 6.79. The average molecular weight is 522 g/mol. The summed E-state index contributed by atoms with van der Waals surface area (Å²) in [6.45, 7) is 3.53. The number of amides is 3. The Morgan fingerprint density at radius 1 is 1.05 bits per heavy atom. The number of benzene rings is 2. The molecule has 0 aromatic heterocycles. The van der Waals surface area contributed by atoms with Gasteiger partial charge in [0.1, 0.15) is 17.4 Å². The first kappa shape index (κ1) is 26.2. The summed E-state index contributed by atoms with van der Waals surface area (Å²) in [5.41, 5.74) is -0.815. The van der Waals surface area contributed by atoms with E-state index in [-0.39, 0.29) is 18.4 Å². The van der Waals surface area contributed by atoms with Crippen LogP contribution in [0.5, 0.6) is 5.75 Å². The molecule has 1 spiro atoms. The van der Waals surface area contributed by atoms with Crippen LogP contribution in [0.3, 0.4) is 0 Å². The molecule has 38 heavy (non-hydrogen) atoms. The number of likely N-dealkylation sites (tertiary alicyclic amines) is 1. The zero-order valence-corrected chi connectivity index (χ0v) is 22.0. The number of anilines is 2. The monoisotopic (exact) mass is 521 g/mol. The lowest BCUT2D eigenvalue weighted by molar-refractivity contribution is -0.148. The summed E-state index contributed by atoms with van der Waals surface area (Å²) in [4.78, 5) is 43.4. The number of aliphatic hydroxyl groups excluding tert-OH is 1. The fraction of sp³-hybridized carbons (Fsp3) is 0.483. The van der Waals surface area contributed by atoms with Crippen molar-refractivity contribution in [2.24, 2.45) is 11.8 Å². The Kier molecular flexibility index (Phi) is 6.92. The Morgan fingerprint density at radius 2 is 1.71 bits per heavy atom. The lowest BCUT2D eigenvalue weighted by atomic mass is 9.65. The zero-order valence-electron chi connectivity index (χ0n) is 22.0. The second kappa shape index (κ2) is 10.0. The summed E-state index contributed by atoms with van der Waals surface area (Å²) in [6, 6.07) is 14.5. The van der Waals surface area contributed by atoms with E-state index in [1.165, 1.54) is 4.90 Å². The number of ether oxygens (including phenoxy) is 2. The van der Waals surface area contributed by atoms with Crippen LogP contribution in [0.15, 0.2) is 54.6 Å². The molecule has 0 aliphatic carbocycles. The highest BCUT2D eigenvalue weighted by Crippen LogP contribution is 2.64. The molecule has 9 nitrogen and oxygen atoms in total. The van der Waals surface area contributed by atoms with Crippen molar-refractivity contribution in [3.8, 4) is 5.75 Å². The predicted molar refractivity (Wildman–Crippen MR) is 142 cm³/mol. The third-order valence-corrected chi connectivity index (χ3v) is 8.62. The maximum absolute atomic E-state index is 14.2. The summed E-state index contributed by atoms with van der Waals surface area (Å²) >= 11 is 0. The SMILES string of the molecule is CC[C@@H](CO)N1C(=O)[C@@H]2[C@@H](C(=O)Nc3ccccc3)[C@@]3(CC)CCC2(O3)C1C(=O)Nc1ccc(OC)cc1. The number of methoxy groups -OCH3 is 1. The number of hydrogen-bond donors (Lipinski definition) is 3. The van der Waals surface area contributed by atoms with Crippen molar-refractivity contribution in [1.29, 1.82) is 0 Å². The largest absolute Gasteiger partial charge is 0.497 e. The van der Waals surface area contributed by atoms with Crippen molar-refractivity contribution < 1.29 is 29.0 Å². The first-order chi connectivity index (χ1) is 18.3. The van der Waals surface area contributed by atoms with Gasteiger partial charge in [-0.15, -0.1) is 0 Å². The van der Waals surface area contributed by atoms with Gasteiger partial charge in [0.2, 0.25) is 17.7 Å². The lowest BCUT2D eigenvalue weighted by Crippen LogP contribution is -2.56. The molecule has 3 saturated heterocycles. The highest BCUT2D eigenvalue weighted by molar-refractivity contribution is 6.05. The van der Waals surface area contributed by atoms with E-state index in [0.29, 0.717) is 42.8 Å². The van der Waals surface area contributed by atoms with Crippen molar-refractivity contribution >= 4 is 29.1 Å². The highest BCUT2D eigenvalue weighted by atomic mass is 16.5. The van der Waals surface area contributed by atoms with E-state index in [0.717, 1.165) is 0 Å². The number of nitrogens with one attached hydrogen (secondary N) is 2. The molecule has 2 aromatic carbocycles. The van der Waals surface area contributed by atoms with Gasteiger partial charge in [-0.25, -0.2) is 0 Å². The number of carbonyl (C=O) groups is 3. The average Bonchev–Trinajstić information content (AvgIpc) is 3.54. The van der Waals surface area contributed by atoms with Crippen molar-refractivity contribution in [1.82, 2.24) is 4.90 Å². The number of rotatable bonds is 9. The fourth-order valence-electron chi connectivity index (χ4n) is 6.79. The number of hydrogen-bond acceptors (Lipinski definition) is 6. The van der Waals surface area contributed by atoms with E-state index < -0.39 is 41.0 Å². The molecule has 5 rings (SSSR count). The van der Waals surface area contributed by atoms with Crippen molar-refractivity contribution in [2.45, 2.75) is 62.8 Å².